The molecule has 0 aromatic heterocycles. The minimum Gasteiger partial charge on any atom is -0.481 e. The van der Waals surface area contributed by atoms with Crippen molar-refractivity contribution in [3.63, 3.8) is 0 Å². The second-order valence-corrected chi connectivity index (χ2v) is 8.72. The van der Waals surface area contributed by atoms with E-state index in [1.807, 2.05) is 60.7 Å². The van der Waals surface area contributed by atoms with Crippen molar-refractivity contribution >= 4 is 23.8 Å². The number of nitrogens with one attached hydrogen (secondary N) is 1. The summed E-state index contributed by atoms with van der Waals surface area (Å²) in [5.41, 5.74) is 1.95. The number of rotatable bonds is 7. The molecule has 2 N–H and O–H groups in total. The lowest BCUT2D eigenvalue weighted by molar-refractivity contribution is -0.188. The SMILES string of the molecule is CN1CC(=O)N2[C@@H](CC(=O)O)C(=O)N(CCc3ccccc3)C[C@@H]2N1C(=O)NCc1ccccc1. The molecule has 2 aliphatic heterocycles. The largest absolute Gasteiger partial charge is 0.481 e. The van der Waals surface area contributed by atoms with Crippen LogP contribution in [0.1, 0.15) is 17.5 Å². The van der Waals surface area contributed by atoms with E-state index in [0.29, 0.717) is 19.5 Å². The van der Waals surface area contributed by atoms with E-state index >= 15 is 0 Å². The molecular formula is C25H29N5O5. The summed E-state index contributed by atoms with van der Waals surface area (Å²) in [6, 6.07) is 17.5. The van der Waals surface area contributed by atoms with E-state index in [1.54, 1.807) is 11.9 Å². The molecule has 184 valence electrons. The second kappa shape index (κ2) is 10.6. The minimum absolute atomic E-state index is 0.0939. The Hall–Kier alpha value is -3.92. The van der Waals surface area contributed by atoms with Crippen LogP contribution in [0.3, 0.4) is 0 Å². The molecule has 2 fully saturated rings. The van der Waals surface area contributed by atoms with Crippen LogP contribution in [0.4, 0.5) is 4.79 Å². The highest BCUT2D eigenvalue weighted by Crippen LogP contribution is 2.27. The molecule has 4 amide bonds. The molecule has 2 saturated heterocycles. The zero-order chi connectivity index (χ0) is 24.9. The quantitative estimate of drug-likeness (QED) is 0.616. The maximum absolute atomic E-state index is 13.3. The average molecular weight is 480 g/mol. The molecule has 2 aromatic rings. The molecule has 35 heavy (non-hydrogen) atoms. The number of fused-ring (bicyclic) bond motifs is 1. The first-order chi connectivity index (χ1) is 16.8. The number of hydrogen-bond acceptors (Lipinski definition) is 5. The van der Waals surface area contributed by atoms with E-state index in [9.17, 15) is 24.3 Å². The van der Waals surface area contributed by atoms with Crippen molar-refractivity contribution in [2.24, 2.45) is 0 Å². The number of benzene rings is 2. The third kappa shape index (κ3) is 5.43. The van der Waals surface area contributed by atoms with Crippen molar-refractivity contribution in [2.45, 2.75) is 31.6 Å². The summed E-state index contributed by atoms with van der Waals surface area (Å²) in [5, 5.41) is 15.3. The summed E-state index contributed by atoms with van der Waals surface area (Å²) >= 11 is 0. The number of hydrazine groups is 1. The number of hydrogen-bond donors (Lipinski definition) is 2. The third-order valence-corrected chi connectivity index (χ3v) is 6.32. The van der Waals surface area contributed by atoms with Gasteiger partial charge in [-0.05, 0) is 17.5 Å². The van der Waals surface area contributed by atoms with Gasteiger partial charge in [-0.15, -0.1) is 0 Å². The first-order valence-electron chi connectivity index (χ1n) is 11.5. The van der Waals surface area contributed by atoms with Gasteiger partial charge in [0, 0.05) is 20.1 Å². The Morgan fingerprint density at radius 3 is 2.26 bits per heavy atom. The third-order valence-electron chi connectivity index (χ3n) is 6.32. The van der Waals surface area contributed by atoms with E-state index < -0.39 is 36.5 Å². The van der Waals surface area contributed by atoms with Crippen molar-refractivity contribution in [3.8, 4) is 0 Å². The van der Waals surface area contributed by atoms with Gasteiger partial charge in [0.15, 0.2) is 0 Å². The fourth-order valence-corrected chi connectivity index (χ4v) is 4.64. The molecule has 2 aromatic carbocycles. The number of likely N-dealkylation sites (N-methyl/N-ethyl adjacent to an activating group) is 1. The molecule has 2 atom stereocenters. The van der Waals surface area contributed by atoms with Crippen LogP contribution in [0.25, 0.3) is 0 Å². The highest BCUT2D eigenvalue weighted by atomic mass is 16.4. The zero-order valence-corrected chi connectivity index (χ0v) is 19.5. The van der Waals surface area contributed by atoms with Crippen LogP contribution < -0.4 is 5.32 Å². The molecular weight excluding hydrogens is 450 g/mol. The number of piperazine rings is 1. The summed E-state index contributed by atoms with van der Waals surface area (Å²) in [5.74, 6) is -1.98. The molecule has 10 heteroatoms. The molecule has 2 heterocycles. The van der Waals surface area contributed by atoms with Gasteiger partial charge in [-0.25, -0.2) is 14.8 Å². The Bertz CT molecular complexity index is 1080. The lowest BCUT2D eigenvalue weighted by Crippen LogP contribution is -2.76. The Labute approximate surface area is 203 Å². The number of carboxylic acids is 1. The molecule has 4 rings (SSSR count). The fraction of sp³-hybridized carbons (Fsp3) is 0.360. The number of carboxylic acid groups (broad SMARTS) is 1. The second-order valence-electron chi connectivity index (χ2n) is 8.72. The molecule has 0 saturated carbocycles. The topological polar surface area (TPSA) is 114 Å². The van der Waals surface area contributed by atoms with E-state index in [1.165, 1.54) is 14.9 Å². The normalized spacial score (nSPS) is 20.5. The number of urea groups is 1. The molecule has 10 nitrogen and oxygen atoms in total. The number of carbonyl (C=O) groups excluding carboxylic acids is 3. The Morgan fingerprint density at radius 2 is 1.63 bits per heavy atom. The van der Waals surface area contributed by atoms with Crippen LogP contribution in [-0.2, 0) is 27.3 Å². The Morgan fingerprint density at radius 1 is 1.00 bits per heavy atom. The first kappa shape index (κ1) is 24.2. The van der Waals surface area contributed by atoms with Crippen LogP contribution in [0, 0.1) is 0 Å². The average Bonchev–Trinajstić information content (AvgIpc) is 2.84. The van der Waals surface area contributed by atoms with Crippen molar-refractivity contribution in [1.82, 2.24) is 25.1 Å². The van der Waals surface area contributed by atoms with Crippen molar-refractivity contribution in [3.05, 3.63) is 71.8 Å². The Kier molecular flexibility index (Phi) is 7.31. The summed E-state index contributed by atoms with van der Waals surface area (Å²) < 4.78 is 0. The summed E-state index contributed by atoms with van der Waals surface area (Å²) in [6.45, 7) is 0.597. The van der Waals surface area contributed by atoms with Crippen LogP contribution in [0.15, 0.2) is 60.7 Å². The predicted octanol–water partition coefficient (Wildman–Crippen LogP) is 1.14. The first-order valence-corrected chi connectivity index (χ1v) is 11.5. The molecule has 0 bridgehead atoms. The van der Waals surface area contributed by atoms with Gasteiger partial charge in [-0.3, -0.25) is 14.4 Å². The van der Waals surface area contributed by atoms with E-state index in [0.717, 1.165) is 11.1 Å². The van der Waals surface area contributed by atoms with Crippen LogP contribution in [0.5, 0.6) is 0 Å². The van der Waals surface area contributed by atoms with Gasteiger partial charge in [0.2, 0.25) is 11.8 Å². The lowest BCUT2D eigenvalue weighted by atomic mass is 10.0. The van der Waals surface area contributed by atoms with Gasteiger partial charge in [0.05, 0.1) is 19.5 Å². The number of carbonyl (C=O) groups is 4. The number of aliphatic carboxylic acids is 1. The zero-order valence-electron chi connectivity index (χ0n) is 19.5. The van der Waals surface area contributed by atoms with Crippen molar-refractivity contribution < 1.29 is 24.3 Å². The van der Waals surface area contributed by atoms with Gasteiger partial charge in [0.1, 0.15) is 12.2 Å². The highest BCUT2D eigenvalue weighted by Gasteiger charge is 2.51. The maximum atomic E-state index is 13.3. The highest BCUT2D eigenvalue weighted by molar-refractivity contribution is 5.93. The van der Waals surface area contributed by atoms with Crippen molar-refractivity contribution in [2.75, 3.05) is 26.7 Å². The molecule has 0 spiro atoms. The lowest BCUT2D eigenvalue weighted by Gasteiger charge is -2.54. The number of nitrogens with zero attached hydrogens (tertiary/aromatic N) is 4. The Balaban J connectivity index is 1.57. The minimum atomic E-state index is -1.18. The predicted molar refractivity (Wildman–Crippen MR) is 127 cm³/mol. The van der Waals surface area contributed by atoms with Gasteiger partial charge in [-0.1, -0.05) is 60.7 Å². The summed E-state index contributed by atoms with van der Waals surface area (Å²) in [7, 11) is 1.63. The molecule has 0 aliphatic carbocycles. The summed E-state index contributed by atoms with van der Waals surface area (Å²) in [6.07, 6.45) is -0.760. The van der Waals surface area contributed by atoms with Gasteiger partial charge in [-0.2, -0.15) is 0 Å². The fourth-order valence-electron chi connectivity index (χ4n) is 4.64. The van der Waals surface area contributed by atoms with Crippen LogP contribution in [-0.4, -0.2) is 87.6 Å². The summed E-state index contributed by atoms with van der Waals surface area (Å²) in [4.78, 5) is 54.0. The van der Waals surface area contributed by atoms with Gasteiger partial charge >= 0.3 is 12.0 Å². The van der Waals surface area contributed by atoms with Crippen molar-refractivity contribution in [1.29, 1.82) is 0 Å². The molecule has 2 aliphatic rings. The van der Waals surface area contributed by atoms with Gasteiger partial charge in [0.25, 0.3) is 0 Å². The monoisotopic (exact) mass is 479 g/mol. The van der Waals surface area contributed by atoms with Crippen LogP contribution >= 0.6 is 0 Å². The van der Waals surface area contributed by atoms with E-state index in [4.69, 9.17) is 0 Å². The number of amides is 4. The maximum Gasteiger partial charge on any atom is 0.334 e. The molecule has 0 radical (unpaired) electrons. The molecule has 0 unspecified atom stereocenters. The van der Waals surface area contributed by atoms with E-state index in [2.05, 4.69) is 5.32 Å². The van der Waals surface area contributed by atoms with E-state index in [-0.39, 0.29) is 19.0 Å². The van der Waals surface area contributed by atoms with Gasteiger partial charge < -0.3 is 20.2 Å². The van der Waals surface area contributed by atoms with Crippen LogP contribution in [0.2, 0.25) is 0 Å². The standard InChI is InChI=1S/C25H29N5O5/c1-27-17-22(31)29-20(14-23(32)33)24(34)28(13-12-18-8-4-2-5-9-18)16-21(29)30(27)25(35)26-15-19-10-6-3-7-11-19/h2-11,20-21H,12-17H2,1H3,(H,26,35)(H,32,33)/t20-,21-/m0/s1. The smallest absolute Gasteiger partial charge is 0.334 e.